The molecule has 0 fully saturated rings. The summed E-state index contributed by atoms with van der Waals surface area (Å²) in [4.78, 5) is 13.0. The summed E-state index contributed by atoms with van der Waals surface area (Å²) in [5.41, 5.74) is 2.50. The molecule has 0 saturated carbocycles. The number of carbonyl (C=O) groups is 1. The molecular formula is C28H20O6. The fraction of sp³-hybridized carbons (Fsp3) is 0.107. The molecule has 2 heterocycles. The second-order valence-electron chi connectivity index (χ2n) is 8.40. The molecule has 4 aromatic carbocycles. The first-order valence-corrected chi connectivity index (χ1v) is 10.9. The highest BCUT2D eigenvalue weighted by atomic mass is 16.6. The van der Waals surface area contributed by atoms with E-state index < -0.39 is 11.6 Å². The predicted octanol–water partition coefficient (Wildman–Crippen LogP) is 5.55. The predicted molar refractivity (Wildman–Crippen MR) is 124 cm³/mol. The van der Waals surface area contributed by atoms with Gasteiger partial charge in [-0.3, -0.25) is 0 Å². The molecule has 0 aromatic heterocycles. The third kappa shape index (κ3) is 2.78. The number of fused-ring (bicyclic) bond motifs is 6. The fourth-order valence-corrected chi connectivity index (χ4v) is 4.92. The first-order valence-electron chi connectivity index (χ1n) is 10.9. The SMILES string of the molecule is Cc1c(OCc2ccccc2)c(O)cc2c1C1(OC(=O)c3ccccc31)c1ccc(O)cc1O2. The standard InChI is InChI=1S/C28H20O6/c1-16-25-24(14-22(30)26(16)32-15-17-7-3-2-4-8-17)33-23-13-18(29)11-12-21(23)28(25)20-10-6-5-9-19(20)27(31)34-28/h2-14,29-30H,15H2,1H3. The molecule has 2 aliphatic rings. The van der Waals surface area contributed by atoms with E-state index in [-0.39, 0.29) is 23.9 Å². The van der Waals surface area contributed by atoms with E-state index in [0.717, 1.165) is 5.56 Å². The van der Waals surface area contributed by atoms with Gasteiger partial charge in [0.1, 0.15) is 23.9 Å². The zero-order chi connectivity index (χ0) is 23.4. The van der Waals surface area contributed by atoms with Gasteiger partial charge in [-0.25, -0.2) is 4.79 Å². The molecule has 0 aliphatic carbocycles. The molecule has 6 rings (SSSR count). The van der Waals surface area contributed by atoms with Crippen LogP contribution < -0.4 is 9.47 Å². The molecule has 0 radical (unpaired) electrons. The van der Waals surface area contributed by atoms with Crippen molar-refractivity contribution in [2.75, 3.05) is 0 Å². The molecule has 34 heavy (non-hydrogen) atoms. The van der Waals surface area contributed by atoms with Gasteiger partial charge in [-0.1, -0.05) is 48.5 Å². The van der Waals surface area contributed by atoms with E-state index in [1.54, 1.807) is 18.2 Å². The Labute approximate surface area is 195 Å². The number of aromatic hydroxyl groups is 2. The third-order valence-corrected chi connectivity index (χ3v) is 6.38. The highest BCUT2D eigenvalue weighted by Gasteiger charge is 2.54. The highest BCUT2D eigenvalue weighted by molar-refractivity contribution is 5.97. The van der Waals surface area contributed by atoms with Gasteiger partial charge in [0.2, 0.25) is 0 Å². The number of carbonyl (C=O) groups excluding carboxylic acids is 1. The lowest BCUT2D eigenvalue weighted by Gasteiger charge is -2.38. The minimum absolute atomic E-state index is 0.0127. The van der Waals surface area contributed by atoms with Crippen molar-refractivity contribution in [3.63, 3.8) is 0 Å². The first kappa shape index (κ1) is 20.2. The molecule has 0 amide bonds. The zero-order valence-electron chi connectivity index (χ0n) is 18.2. The fourth-order valence-electron chi connectivity index (χ4n) is 4.92. The Balaban J connectivity index is 1.59. The van der Waals surface area contributed by atoms with Crippen molar-refractivity contribution in [1.82, 2.24) is 0 Å². The van der Waals surface area contributed by atoms with E-state index >= 15 is 0 Å². The van der Waals surface area contributed by atoms with Crippen LogP contribution >= 0.6 is 0 Å². The molecule has 1 spiro atoms. The molecule has 1 atom stereocenters. The Bertz CT molecular complexity index is 1460. The monoisotopic (exact) mass is 452 g/mol. The van der Waals surface area contributed by atoms with Crippen molar-refractivity contribution >= 4 is 5.97 Å². The maximum Gasteiger partial charge on any atom is 0.340 e. The molecule has 168 valence electrons. The zero-order valence-corrected chi connectivity index (χ0v) is 18.2. The largest absolute Gasteiger partial charge is 0.508 e. The average Bonchev–Trinajstić information content (AvgIpc) is 3.12. The Morgan fingerprint density at radius 3 is 2.47 bits per heavy atom. The smallest absolute Gasteiger partial charge is 0.340 e. The summed E-state index contributed by atoms with van der Waals surface area (Å²) in [6.07, 6.45) is 0. The van der Waals surface area contributed by atoms with Crippen molar-refractivity contribution < 1.29 is 29.2 Å². The molecule has 0 saturated heterocycles. The van der Waals surface area contributed by atoms with E-state index in [1.165, 1.54) is 18.2 Å². The summed E-state index contributed by atoms with van der Waals surface area (Å²) in [5, 5.41) is 20.9. The van der Waals surface area contributed by atoms with E-state index in [0.29, 0.717) is 39.3 Å². The van der Waals surface area contributed by atoms with Gasteiger partial charge in [-0.15, -0.1) is 0 Å². The van der Waals surface area contributed by atoms with Crippen LogP contribution in [0.25, 0.3) is 0 Å². The molecular weight excluding hydrogens is 432 g/mol. The molecule has 0 bridgehead atoms. The molecule has 6 nitrogen and oxygen atoms in total. The molecule has 2 N–H and O–H groups in total. The quantitative estimate of drug-likeness (QED) is 0.396. The second-order valence-corrected chi connectivity index (χ2v) is 8.40. The molecule has 6 heteroatoms. The maximum absolute atomic E-state index is 13.0. The van der Waals surface area contributed by atoms with Gasteiger partial charge in [-0.2, -0.15) is 0 Å². The van der Waals surface area contributed by atoms with Crippen molar-refractivity contribution in [2.45, 2.75) is 19.1 Å². The van der Waals surface area contributed by atoms with Crippen LogP contribution in [0.15, 0.2) is 78.9 Å². The number of phenols is 2. The van der Waals surface area contributed by atoms with Gasteiger partial charge < -0.3 is 24.4 Å². The third-order valence-electron chi connectivity index (χ3n) is 6.38. The van der Waals surface area contributed by atoms with E-state index in [9.17, 15) is 15.0 Å². The summed E-state index contributed by atoms with van der Waals surface area (Å²) in [7, 11) is 0. The molecule has 2 aliphatic heterocycles. The summed E-state index contributed by atoms with van der Waals surface area (Å²) >= 11 is 0. The minimum atomic E-state index is -1.31. The molecule has 1 unspecified atom stereocenters. The van der Waals surface area contributed by atoms with Gasteiger partial charge >= 0.3 is 5.97 Å². The Morgan fingerprint density at radius 2 is 1.65 bits per heavy atom. The number of hydrogen-bond acceptors (Lipinski definition) is 6. The Kier molecular flexibility index (Phi) is 4.32. The second kappa shape index (κ2) is 7.28. The topological polar surface area (TPSA) is 85.2 Å². The van der Waals surface area contributed by atoms with Crippen molar-refractivity contribution in [3.05, 3.63) is 112 Å². The highest BCUT2D eigenvalue weighted by Crippen LogP contribution is 2.59. The van der Waals surface area contributed by atoms with Crippen LogP contribution in [0.5, 0.6) is 28.7 Å². The van der Waals surface area contributed by atoms with Crippen molar-refractivity contribution in [3.8, 4) is 28.7 Å². The number of rotatable bonds is 3. The number of ether oxygens (including phenoxy) is 3. The number of phenolic OH excluding ortho intramolecular Hbond substituents is 2. The van der Waals surface area contributed by atoms with Crippen molar-refractivity contribution in [1.29, 1.82) is 0 Å². The molecule has 4 aromatic rings. The van der Waals surface area contributed by atoms with Gasteiger partial charge in [0.25, 0.3) is 0 Å². The van der Waals surface area contributed by atoms with Crippen LogP contribution in [-0.4, -0.2) is 16.2 Å². The lowest BCUT2D eigenvalue weighted by atomic mass is 9.75. The number of esters is 1. The summed E-state index contributed by atoms with van der Waals surface area (Å²) in [5.74, 6) is 0.413. The Morgan fingerprint density at radius 1 is 0.882 bits per heavy atom. The van der Waals surface area contributed by atoms with Crippen LogP contribution in [0, 0.1) is 6.92 Å². The van der Waals surface area contributed by atoms with Gasteiger partial charge in [0.05, 0.1) is 11.1 Å². The van der Waals surface area contributed by atoms with Gasteiger partial charge in [-0.05, 0) is 30.7 Å². The summed E-state index contributed by atoms with van der Waals surface area (Å²) in [6, 6.07) is 23.0. The number of hydrogen-bond donors (Lipinski definition) is 2. The van der Waals surface area contributed by atoms with Crippen molar-refractivity contribution in [2.24, 2.45) is 0 Å². The van der Waals surface area contributed by atoms with E-state index in [1.807, 2.05) is 49.4 Å². The summed E-state index contributed by atoms with van der Waals surface area (Å²) < 4.78 is 18.3. The number of benzene rings is 4. The maximum atomic E-state index is 13.0. The lowest BCUT2D eigenvalue weighted by Crippen LogP contribution is -2.34. The van der Waals surface area contributed by atoms with Crippen LogP contribution in [0.3, 0.4) is 0 Å². The van der Waals surface area contributed by atoms with Gasteiger partial charge in [0.15, 0.2) is 17.1 Å². The lowest BCUT2D eigenvalue weighted by molar-refractivity contribution is 0.0221. The van der Waals surface area contributed by atoms with E-state index in [4.69, 9.17) is 14.2 Å². The Hall–Kier alpha value is -4.45. The average molecular weight is 452 g/mol. The van der Waals surface area contributed by atoms with E-state index in [2.05, 4.69) is 0 Å². The van der Waals surface area contributed by atoms with Crippen LogP contribution in [0.4, 0.5) is 0 Å². The van der Waals surface area contributed by atoms with Crippen LogP contribution in [0.2, 0.25) is 0 Å². The first-order chi connectivity index (χ1) is 16.5. The van der Waals surface area contributed by atoms with Gasteiger partial charge in [0, 0.05) is 28.8 Å². The minimum Gasteiger partial charge on any atom is -0.508 e. The van der Waals surface area contributed by atoms with Crippen LogP contribution in [0.1, 0.15) is 38.2 Å². The van der Waals surface area contributed by atoms with Crippen LogP contribution in [-0.2, 0) is 16.9 Å². The normalized spacial score (nSPS) is 17.4. The summed E-state index contributed by atoms with van der Waals surface area (Å²) in [6.45, 7) is 2.06.